The van der Waals surface area contributed by atoms with Crippen molar-refractivity contribution in [3.63, 3.8) is 0 Å². The monoisotopic (exact) mass is 313 g/mol. The summed E-state index contributed by atoms with van der Waals surface area (Å²) >= 11 is 6.51. The molecule has 0 aromatic heterocycles. The maximum Gasteiger partial charge on any atom is 0.307 e. The molecule has 5 nitrogen and oxygen atoms in total. The summed E-state index contributed by atoms with van der Waals surface area (Å²) in [7, 11) is 3.14. The van der Waals surface area contributed by atoms with Crippen molar-refractivity contribution in [3.8, 4) is 11.5 Å². The van der Waals surface area contributed by atoms with Crippen molar-refractivity contribution in [1.82, 2.24) is 5.32 Å². The number of carboxylic acid groups (broad SMARTS) is 1. The first-order valence-electron chi connectivity index (χ1n) is 6.92. The van der Waals surface area contributed by atoms with Crippen LogP contribution in [0.25, 0.3) is 0 Å². The molecule has 1 saturated heterocycles. The van der Waals surface area contributed by atoms with Gasteiger partial charge in [0.1, 0.15) is 0 Å². The number of aliphatic carboxylic acids is 1. The van der Waals surface area contributed by atoms with Crippen molar-refractivity contribution in [1.29, 1.82) is 0 Å². The van der Waals surface area contributed by atoms with E-state index in [0.717, 1.165) is 17.5 Å². The Hall–Kier alpha value is -1.46. The highest BCUT2D eigenvalue weighted by atomic mass is 35.5. The van der Waals surface area contributed by atoms with Crippen molar-refractivity contribution >= 4 is 17.6 Å². The largest absolute Gasteiger partial charge is 0.493 e. The highest BCUT2D eigenvalue weighted by Gasteiger charge is 2.34. The summed E-state index contributed by atoms with van der Waals surface area (Å²) in [5.74, 6) is -0.0108. The summed E-state index contributed by atoms with van der Waals surface area (Å²) in [6.07, 6.45) is 1.25. The van der Waals surface area contributed by atoms with Crippen LogP contribution in [0.5, 0.6) is 11.5 Å². The van der Waals surface area contributed by atoms with Gasteiger partial charge in [0, 0.05) is 18.2 Å². The van der Waals surface area contributed by atoms with Crippen LogP contribution in [0, 0.1) is 5.92 Å². The quantitative estimate of drug-likeness (QED) is 0.874. The molecule has 0 aliphatic carbocycles. The molecule has 0 amide bonds. The van der Waals surface area contributed by atoms with Gasteiger partial charge in [-0.1, -0.05) is 18.5 Å². The average Bonchev–Trinajstić information content (AvgIpc) is 2.96. The minimum Gasteiger partial charge on any atom is -0.493 e. The zero-order valence-corrected chi connectivity index (χ0v) is 13.2. The van der Waals surface area contributed by atoms with Crippen LogP contribution >= 0.6 is 11.6 Å². The minimum atomic E-state index is -0.793. The molecule has 1 fully saturated rings. The van der Waals surface area contributed by atoms with Crippen LogP contribution in [0.1, 0.15) is 30.5 Å². The fourth-order valence-electron chi connectivity index (χ4n) is 2.77. The second-order valence-corrected chi connectivity index (χ2v) is 5.46. The summed E-state index contributed by atoms with van der Waals surface area (Å²) in [6, 6.07) is 1.72. The molecular weight excluding hydrogens is 294 g/mol. The van der Waals surface area contributed by atoms with Gasteiger partial charge in [0.25, 0.3) is 0 Å². The Bertz CT molecular complexity index is 547. The molecule has 1 aliphatic heterocycles. The van der Waals surface area contributed by atoms with E-state index >= 15 is 0 Å². The van der Waals surface area contributed by atoms with E-state index < -0.39 is 11.9 Å². The summed E-state index contributed by atoms with van der Waals surface area (Å²) in [4.78, 5) is 11.1. The summed E-state index contributed by atoms with van der Waals surface area (Å²) in [5, 5.41) is 13.0. The predicted molar refractivity (Wildman–Crippen MR) is 80.4 cm³/mol. The van der Waals surface area contributed by atoms with Crippen molar-refractivity contribution in [3.05, 3.63) is 22.2 Å². The van der Waals surface area contributed by atoms with Gasteiger partial charge in [-0.3, -0.25) is 4.79 Å². The smallest absolute Gasteiger partial charge is 0.307 e. The second-order valence-electron chi connectivity index (χ2n) is 5.08. The van der Waals surface area contributed by atoms with Crippen LogP contribution in [0.15, 0.2) is 6.07 Å². The topological polar surface area (TPSA) is 67.8 Å². The molecule has 2 rings (SSSR count). The fraction of sp³-hybridized carbons (Fsp3) is 0.533. The van der Waals surface area contributed by atoms with E-state index in [4.69, 9.17) is 26.2 Å². The Morgan fingerprint density at radius 3 is 2.67 bits per heavy atom. The Morgan fingerprint density at radius 1 is 1.48 bits per heavy atom. The molecular formula is C15H20ClNO4. The lowest BCUT2D eigenvalue weighted by Gasteiger charge is -2.21. The number of hydrogen-bond acceptors (Lipinski definition) is 4. The number of rotatable bonds is 5. The molecule has 116 valence electrons. The van der Waals surface area contributed by atoms with Crippen LogP contribution in [-0.4, -0.2) is 31.8 Å². The van der Waals surface area contributed by atoms with Crippen molar-refractivity contribution in [2.75, 3.05) is 20.8 Å². The van der Waals surface area contributed by atoms with Crippen LogP contribution in [-0.2, 0) is 11.2 Å². The molecule has 1 heterocycles. The summed E-state index contributed by atoms with van der Waals surface area (Å²) in [6.45, 7) is 2.44. The lowest BCUT2D eigenvalue weighted by Crippen LogP contribution is -2.18. The number of benzene rings is 1. The van der Waals surface area contributed by atoms with Gasteiger partial charge in [-0.15, -0.1) is 0 Å². The molecule has 2 atom stereocenters. The van der Waals surface area contributed by atoms with Gasteiger partial charge >= 0.3 is 5.97 Å². The predicted octanol–water partition coefficient (Wildman–Crippen LogP) is 2.65. The fourth-order valence-corrected chi connectivity index (χ4v) is 3.17. The first kappa shape index (κ1) is 15.9. The number of hydrogen-bond donors (Lipinski definition) is 2. The van der Waals surface area contributed by atoms with Crippen LogP contribution < -0.4 is 14.8 Å². The first-order valence-corrected chi connectivity index (χ1v) is 7.30. The molecule has 0 spiro atoms. The Balaban J connectivity index is 2.48. The molecule has 1 aromatic carbocycles. The maximum atomic E-state index is 11.1. The van der Waals surface area contributed by atoms with Gasteiger partial charge in [0.05, 0.1) is 25.2 Å². The normalized spacial score (nSPS) is 21.3. The molecule has 21 heavy (non-hydrogen) atoms. The van der Waals surface area contributed by atoms with Crippen molar-refractivity contribution in [2.24, 2.45) is 5.92 Å². The molecule has 0 saturated carbocycles. The highest BCUT2D eigenvalue weighted by Crippen LogP contribution is 2.45. The van der Waals surface area contributed by atoms with Crippen LogP contribution in [0.4, 0.5) is 0 Å². The standard InChI is InChI=1S/C15H20ClNO4/c1-4-8-6-11(20-2)14(21-3)12(13(8)16)10-5-9(7-17-10)15(18)19/h6,9-10,17H,4-5,7H2,1-3H3,(H,18,19). The van der Waals surface area contributed by atoms with Gasteiger partial charge in [-0.25, -0.2) is 0 Å². The average molecular weight is 314 g/mol. The van der Waals surface area contributed by atoms with Gasteiger partial charge < -0.3 is 19.9 Å². The number of ether oxygens (including phenoxy) is 2. The highest BCUT2D eigenvalue weighted by molar-refractivity contribution is 6.32. The van der Waals surface area contributed by atoms with Crippen molar-refractivity contribution < 1.29 is 19.4 Å². The molecule has 2 N–H and O–H groups in total. The molecule has 2 unspecified atom stereocenters. The summed E-state index contributed by atoms with van der Waals surface area (Å²) < 4.78 is 10.8. The first-order chi connectivity index (χ1) is 10.0. The summed E-state index contributed by atoms with van der Waals surface area (Å²) in [5.41, 5.74) is 1.75. The molecule has 1 aliphatic rings. The van der Waals surface area contributed by atoms with E-state index in [1.165, 1.54) is 0 Å². The van der Waals surface area contributed by atoms with E-state index in [9.17, 15) is 4.79 Å². The molecule has 0 radical (unpaired) electrons. The number of carbonyl (C=O) groups is 1. The maximum absolute atomic E-state index is 11.1. The van der Waals surface area contributed by atoms with Gasteiger partial charge in [0.15, 0.2) is 11.5 Å². The zero-order chi connectivity index (χ0) is 15.6. The Labute approximate surface area is 129 Å². The lowest BCUT2D eigenvalue weighted by molar-refractivity contribution is -0.141. The number of nitrogens with one attached hydrogen (secondary N) is 1. The van der Waals surface area contributed by atoms with E-state index in [0.29, 0.717) is 29.5 Å². The number of carboxylic acids is 1. The SMILES string of the molecule is CCc1cc(OC)c(OC)c(C2CC(C(=O)O)CN2)c1Cl. The van der Waals surface area contributed by atoms with E-state index in [1.807, 2.05) is 13.0 Å². The third-order valence-corrected chi connectivity index (χ3v) is 4.37. The van der Waals surface area contributed by atoms with E-state index in [-0.39, 0.29) is 6.04 Å². The third-order valence-electron chi connectivity index (χ3n) is 3.93. The molecule has 6 heteroatoms. The van der Waals surface area contributed by atoms with E-state index in [2.05, 4.69) is 5.32 Å². The van der Waals surface area contributed by atoms with Crippen molar-refractivity contribution in [2.45, 2.75) is 25.8 Å². The van der Waals surface area contributed by atoms with Crippen LogP contribution in [0.2, 0.25) is 5.02 Å². The second kappa shape index (κ2) is 6.54. The number of halogens is 1. The molecule has 0 bridgehead atoms. The van der Waals surface area contributed by atoms with Gasteiger partial charge in [0.2, 0.25) is 0 Å². The van der Waals surface area contributed by atoms with Crippen LogP contribution in [0.3, 0.4) is 0 Å². The van der Waals surface area contributed by atoms with Gasteiger partial charge in [-0.2, -0.15) is 0 Å². The number of methoxy groups -OCH3 is 2. The van der Waals surface area contributed by atoms with Gasteiger partial charge in [-0.05, 0) is 24.5 Å². The third kappa shape index (κ3) is 2.94. The van der Waals surface area contributed by atoms with E-state index in [1.54, 1.807) is 14.2 Å². The Kier molecular flexibility index (Phi) is 4.96. The minimum absolute atomic E-state index is 0.144. The zero-order valence-electron chi connectivity index (χ0n) is 12.4. The molecule has 1 aromatic rings. The Morgan fingerprint density at radius 2 is 2.19 bits per heavy atom. The lowest BCUT2D eigenvalue weighted by atomic mass is 9.96. The number of aryl methyl sites for hydroxylation is 1.